The van der Waals surface area contributed by atoms with Crippen LogP contribution in [0.15, 0.2) is 16.9 Å². The first-order valence-electron chi connectivity index (χ1n) is 12.8. The second kappa shape index (κ2) is 7.19. The fourth-order valence-corrected chi connectivity index (χ4v) is 8.78. The third-order valence-corrected chi connectivity index (χ3v) is 10.3. The van der Waals surface area contributed by atoms with Gasteiger partial charge in [-0.2, -0.15) is 10.2 Å². The molecule has 1 aromatic heterocycles. The molecular weight excluding hydrogens is 396 g/mol. The molecule has 5 nitrogen and oxygen atoms in total. The van der Waals surface area contributed by atoms with E-state index in [1.807, 2.05) is 26.0 Å². The third kappa shape index (κ3) is 2.79. The zero-order chi connectivity index (χ0) is 23.1. The summed E-state index contributed by atoms with van der Waals surface area (Å²) in [6, 6.07) is 0. The predicted molar refractivity (Wildman–Crippen MR) is 130 cm³/mol. The van der Waals surface area contributed by atoms with Crippen LogP contribution in [0.1, 0.15) is 78.0 Å². The van der Waals surface area contributed by atoms with Crippen LogP contribution in [0.2, 0.25) is 0 Å². The summed E-state index contributed by atoms with van der Waals surface area (Å²) in [5, 5.41) is 23.2. The monoisotopic (exact) mass is 438 g/mol. The van der Waals surface area contributed by atoms with Crippen molar-refractivity contribution in [3.8, 4) is 0 Å². The van der Waals surface area contributed by atoms with Crippen molar-refractivity contribution in [2.24, 2.45) is 39.6 Å². The van der Waals surface area contributed by atoms with Gasteiger partial charge >= 0.3 is 0 Å². The van der Waals surface area contributed by atoms with Crippen molar-refractivity contribution in [2.45, 2.75) is 85.3 Å². The van der Waals surface area contributed by atoms with E-state index in [2.05, 4.69) is 54.8 Å². The van der Waals surface area contributed by atoms with Crippen LogP contribution in [0, 0.1) is 34.5 Å². The van der Waals surface area contributed by atoms with E-state index in [-0.39, 0.29) is 10.8 Å². The van der Waals surface area contributed by atoms with Gasteiger partial charge in [0.25, 0.3) is 0 Å². The first-order valence-corrected chi connectivity index (χ1v) is 12.8. The molecule has 3 saturated carbocycles. The van der Waals surface area contributed by atoms with Gasteiger partial charge < -0.3 is 10.1 Å². The molecule has 7 atom stereocenters. The molecule has 5 heteroatoms. The average Bonchev–Trinajstić information content (AvgIpc) is 3.24. The maximum absolute atomic E-state index is 12.0. The van der Waals surface area contributed by atoms with E-state index >= 15 is 0 Å². The Hall–Kier alpha value is -1.62. The number of nitrogens with zero attached hydrogens (tertiary/aromatic N) is 4. The lowest BCUT2D eigenvalue weighted by atomic mass is 9.44. The number of hydrazone groups is 1. The Morgan fingerprint density at radius 1 is 1.25 bits per heavy atom. The molecule has 176 valence electrons. The Kier molecular flexibility index (Phi) is 4.98. The summed E-state index contributed by atoms with van der Waals surface area (Å²) in [6.07, 6.45) is 11.3. The zero-order valence-corrected chi connectivity index (χ0v) is 21.1. The molecule has 5 rings (SSSR count). The maximum atomic E-state index is 12.0. The lowest BCUT2D eigenvalue weighted by Crippen LogP contribution is -2.58. The van der Waals surface area contributed by atoms with Gasteiger partial charge in [0, 0.05) is 26.1 Å². The lowest BCUT2D eigenvalue weighted by molar-refractivity contribution is -0.0990. The Balaban J connectivity index is 1.51. The van der Waals surface area contributed by atoms with E-state index in [0.29, 0.717) is 23.7 Å². The minimum absolute atomic E-state index is 0.0814. The normalized spacial score (nSPS) is 43.1. The number of rotatable bonds is 3. The topological polar surface area (TPSA) is 53.6 Å². The molecule has 0 radical (unpaired) electrons. The molecule has 4 aliphatic carbocycles. The van der Waals surface area contributed by atoms with Crippen molar-refractivity contribution < 1.29 is 5.11 Å². The molecule has 1 heterocycles. The molecular formula is C27H42N4O. The summed E-state index contributed by atoms with van der Waals surface area (Å²) in [4.78, 5) is 0. The highest BCUT2D eigenvalue weighted by Gasteiger charge is 2.65. The van der Waals surface area contributed by atoms with Crippen molar-refractivity contribution in [1.82, 2.24) is 14.8 Å². The summed E-state index contributed by atoms with van der Waals surface area (Å²) >= 11 is 0. The summed E-state index contributed by atoms with van der Waals surface area (Å²) < 4.78 is 2.17. The molecule has 0 saturated heterocycles. The largest absolute Gasteiger partial charge is 0.383 e. The molecule has 0 aromatic carbocycles. The maximum Gasteiger partial charge on any atom is 0.110 e. The van der Waals surface area contributed by atoms with E-state index in [1.165, 1.54) is 24.1 Å². The molecule has 0 aliphatic heterocycles. The van der Waals surface area contributed by atoms with Crippen LogP contribution in [0.3, 0.4) is 0 Å². The number of hydrogen-bond acceptors (Lipinski definition) is 4. The predicted octanol–water partition coefficient (Wildman–Crippen LogP) is 5.00. The minimum atomic E-state index is -0.783. The van der Waals surface area contributed by atoms with Crippen LogP contribution in [0.25, 0.3) is 6.08 Å². The van der Waals surface area contributed by atoms with Crippen molar-refractivity contribution in [3.05, 3.63) is 23.0 Å². The van der Waals surface area contributed by atoms with Crippen molar-refractivity contribution in [3.63, 3.8) is 0 Å². The highest BCUT2D eigenvalue weighted by atomic mass is 16.3. The molecule has 3 fully saturated rings. The van der Waals surface area contributed by atoms with Crippen molar-refractivity contribution in [2.75, 3.05) is 14.1 Å². The van der Waals surface area contributed by atoms with E-state index in [9.17, 15) is 5.11 Å². The number of hydrogen-bond donors (Lipinski definition) is 1. The molecule has 0 spiro atoms. The van der Waals surface area contributed by atoms with E-state index in [4.69, 9.17) is 0 Å². The van der Waals surface area contributed by atoms with Gasteiger partial charge in [0.15, 0.2) is 0 Å². The van der Waals surface area contributed by atoms with Crippen LogP contribution in [0.4, 0.5) is 0 Å². The van der Waals surface area contributed by atoms with E-state index in [1.54, 1.807) is 5.57 Å². The van der Waals surface area contributed by atoms with Crippen molar-refractivity contribution in [1.29, 1.82) is 0 Å². The van der Waals surface area contributed by atoms with Crippen molar-refractivity contribution >= 4 is 11.8 Å². The van der Waals surface area contributed by atoms with Gasteiger partial charge in [0.2, 0.25) is 0 Å². The Labute approximate surface area is 194 Å². The van der Waals surface area contributed by atoms with Gasteiger partial charge in [-0.15, -0.1) is 0 Å². The highest BCUT2D eigenvalue weighted by molar-refractivity contribution is 5.91. The van der Waals surface area contributed by atoms with Crippen LogP contribution in [-0.2, 0) is 13.0 Å². The second-order valence-electron chi connectivity index (χ2n) is 12.0. The quantitative estimate of drug-likeness (QED) is 0.534. The fourth-order valence-electron chi connectivity index (χ4n) is 8.78. The standard InChI is InChI=1S/C27H42N4O/c1-8-31-24-14-23-17(2)13-20-21(25(23,4)15-19(24)16-28-31)9-11-26(5)22(20)10-12-27(26,32)18(3)29-30(6)7/h14,16-17,20-22,32H,8-13,15H2,1-7H3/b29-18-/t17-,20+,21-,22-,25+,26-,27-/m0/s1. The Morgan fingerprint density at radius 2 is 1.97 bits per heavy atom. The minimum Gasteiger partial charge on any atom is -0.383 e. The first kappa shape index (κ1) is 22.2. The van der Waals surface area contributed by atoms with E-state index < -0.39 is 5.60 Å². The van der Waals surface area contributed by atoms with Gasteiger partial charge in [0.05, 0.1) is 17.6 Å². The third-order valence-electron chi connectivity index (χ3n) is 10.3. The number of aliphatic hydroxyl groups is 1. The van der Waals surface area contributed by atoms with Gasteiger partial charge in [-0.25, -0.2) is 0 Å². The van der Waals surface area contributed by atoms with Gasteiger partial charge in [-0.3, -0.25) is 4.68 Å². The summed E-state index contributed by atoms with van der Waals surface area (Å²) in [7, 11) is 3.90. The molecule has 4 aliphatic rings. The van der Waals surface area contributed by atoms with Crippen LogP contribution < -0.4 is 0 Å². The SMILES string of the molecule is CCn1ncc2c1C=C1[C@@H](C)C[C@@H]3[C@H](CC[C@@]4(C)[C@H]3CC[C@]4(O)/C(C)=N\N(C)C)[C@@]1(C)C2. The highest BCUT2D eigenvalue weighted by Crippen LogP contribution is 2.68. The summed E-state index contributed by atoms with van der Waals surface area (Å²) in [5.74, 6) is 2.52. The molecule has 0 bridgehead atoms. The number of aryl methyl sites for hydroxylation is 1. The zero-order valence-electron chi connectivity index (χ0n) is 21.1. The second-order valence-corrected chi connectivity index (χ2v) is 12.0. The molecule has 32 heavy (non-hydrogen) atoms. The van der Waals surface area contributed by atoms with Gasteiger partial charge in [0.1, 0.15) is 5.60 Å². The molecule has 0 amide bonds. The van der Waals surface area contributed by atoms with E-state index in [0.717, 1.165) is 37.9 Å². The van der Waals surface area contributed by atoms with Gasteiger partial charge in [-0.05, 0) is 93.1 Å². The number of allylic oxidation sites excluding steroid dienone is 1. The molecule has 1 aromatic rings. The Bertz CT molecular complexity index is 976. The summed E-state index contributed by atoms with van der Waals surface area (Å²) in [5.41, 5.74) is 4.68. The van der Waals surface area contributed by atoms with Crippen LogP contribution in [-0.4, -0.2) is 45.3 Å². The fraction of sp³-hybridized carbons (Fsp3) is 0.778. The van der Waals surface area contributed by atoms with Crippen LogP contribution >= 0.6 is 0 Å². The number of aromatic nitrogens is 2. The smallest absolute Gasteiger partial charge is 0.110 e. The number of fused-ring (bicyclic) bond motifs is 6. The first-order chi connectivity index (χ1) is 15.0. The molecule has 1 N–H and O–H groups in total. The molecule has 0 unspecified atom stereocenters. The lowest BCUT2D eigenvalue weighted by Gasteiger charge is -2.60. The van der Waals surface area contributed by atoms with Gasteiger partial charge in [-0.1, -0.05) is 26.3 Å². The summed E-state index contributed by atoms with van der Waals surface area (Å²) in [6.45, 7) is 12.5. The average molecular weight is 439 g/mol. The van der Waals surface area contributed by atoms with Crippen LogP contribution in [0.5, 0.6) is 0 Å². The Morgan fingerprint density at radius 3 is 2.66 bits per heavy atom.